The quantitative estimate of drug-likeness (QED) is 0.0539. The van der Waals surface area contributed by atoms with Crippen LogP contribution in [0.5, 0.6) is 0 Å². The number of hydrogen-bond donors (Lipinski definition) is 4. The highest BCUT2D eigenvalue weighted by molar-refractivity contribution is 5.81. The van der Waals surface area contributed by atoms with E-state index in [0.717, 1.165) is 43.4 Å². The lowest BCUT2D eigenvalue weighted by Gasteiger charge is -2.53. The number of carboxylic acid groups (broad SMARTS) is 3. The molecule has 2 aliphatic heterocycles. The van der Waals surface area contributed by atoms with Crippen LogP contribution in [0.1, 0.15) is 105 Å². The third-order valence-electron chi connectivity index (χ3n) is 9.03. The van der Waals surface area contributed by atoms with Crippen molar-refractivity contribution < 1.29 is 53.8 Å². The predicted octanol–water partition coefficient (Wildman–Crippen LogP) is 6.52. The van der Waals surface area contributed by atoms with E-state index in [1.807, 2.05) is 13.0 Å². The van der Waals surface area contributed by atoms with Gasteiger partial charge >= 0.3 is 23.9 Å². The highest BCUT2D eigenvalue weighted by Crippen LogP contribution is 2.48. The lowest BCUT2D eigenvalue weighted by molar-refractivity contribution is -0.344. The van der Waals surface area contributed by atoms with Crippen LogP contribution in [-0.4, -0.2) is 74.0 Å². The lowest BCUT2D eigenvalue weighted by atomic mass is 9.78. The van der Waals surface area contributed by atoms with Crippen molar-refractivity contribution in [1.82, 2.24) is 0 Å². The van der Waals surface area contributed by atoms with Crippen LogP contribution in [0.3, 0.4) is 0 Å². The smallest absolute Gasteiger partial charge is 0.328 e. The number of carbonyl (C=O) groups is 4. The topological polar surface area (TPSA) is 177 Å². The standard InChI is InChI=1S/C37H54O11/c1-6-7-8-20-36(48-35(45)18-17-33(41)42)22-23-37(47-31(36)15-11-26(3)24-34(43)44)21-19-28(5)30(46-37)14-10-25(2)9-13-29(38)27(4)12-16-32(39)40/h9-13,15-16,24,27-31,38H,6-8,14,17-23H2,1-5H3,(H,39,40)(H,41,42)(H,43,44)/b13-9+,15-11-,16-12+,25-10+,26-24-. The van der Waals surface area contributed by atoms with Crippen molar-refractivity contribution in [2.75, 3.05) is 0 Å². The second kappa shape index (κ2) is 19.5. The molecule has 268 valence electrons. The van der Waals surface area contributed by atoms with Crippen LogP contribution in [0.15, 0.2) is 59.8 Å². The Balaban J connectivity index is 2.32. The van der Waals surface area contributed by atoms with E-state index in [-0.39, 0.29) is 30.8 Å². The summed E-state index contributed by atoms with van der Waals surface area (Å²) in [6, 6.07) is 0. The van der Waals surface area contributed by atoms with E-state index >= 15 is 0 Å². The van der Waals surface area contributed by atoms with Gasteiger partial charge in [-0.15, -0.1) is 0 Å². The zero-order chi connectivity index (χ0) is 35.9. The van der Waals surface area contributed by atoms with Gasteiger partial charge in [-0.2, -0.15) is 0 Å². The molecule has 0 aromatic heterocycles. The maximum absolute atomic E-state index is 12.9. The molecular weight excluding hydrogens is 620 g/mol. The molecular formula is C37H54O11. The fraction of sp³-hybridized carbons (Fsp3) is 0.622. The summed E-state index contributed by atoms with van der Waals surface area (Å²) in [6.07, 6.45) is 16.0. The third-order valence-corrected chi connectivity index (χ3v) is 9.03. The van der Waals surface area contributed by atoms with Crippen LogP contribution in [0.25, 0.3) is 0 Å². The normalized spacial score (nSPS) is 28.2. The minimum Gasteiger partial charge on any atom is -0.481 e. The Bertz CT molecular complexity index is 1260. The fourth-order valence-electron chi connectivity index (χ4n) is 6.01. The SMILES string of the molecule is CCCCCC1(OC(=O)CCC(=O)O)CCC2(CCC(C)C(C/C=C(C)/C=C/C(O)C(C)/C=C/C(=O)O)O2)OC1/C=C\C(C)=C/C(=O)O. The molecule has 48 heavy (non-hydrogen) atoms. The van der Waals surface area contributed by atoms with Crippen molar-refractivity contribution in [3.63, 3.8) is 0 Å². The molecule has 2 fully saturated rings. The minimum absolute atomic E-state index is 0.187. The van der Waals surface area contributed by atoms with Gasteiger partial charge in [-0.3, -0.25) is 9.59 Å². The molecule has 7 atom stereocenters. The number of aliphatic hydroxyl groups is 1. The first-order valence-electron chi connectivity index (χ1n) is 16.9. The van der Waals surface area contributed by atoms with E-state index < -0.39 is 47.5 Å². The number of ether oxygens (including phenoxy) is 3. The van der Waals surface area contributed by atoms with Crippen LogP contribution in [-0.2, 0) is 33.4 Å². The summed E-state index contributed by atoms with van der Waals surface area (Å²) in [7, 11) is 0. The van der Waals surface area contributed by atoms with Crippen molar-refractivity contribution >= 4 is 23.9 Å². The van der Waals surface area contributed by atoms with Gasteiger partial charge < -0.3 is 34.6 Å². The minimum atomic E-state index is -1.09. The van der Waals surface area contributed by atoms with Crippen molar-refractivity contribution in [3.8, 4) is 0 Å². The summed E-state index contributed by atoms with van der Waals surface area (Å²) >= 11 is 0. The van der Waals surface area contributed by atoms with E-state index in [9.17, 15) is 29.4 Å². The van der Waals surface area contributed by atoms with Crippen molar-refractivity contribution in [2.24, 2.45) is 11.8 Å². The van der Waals surface area contributed by atoms with Gasteiger partial charge in [0.2, 0.25) is 0 Å². The Hall–Kier alpha value is -3.54. The number of carboxylic acids is 3. The maximum Gasteiger partial charge on any atom is 0.328 e. The molecule has 0 aromatic carbocycles. The van der Waals surface area contributed by atoms with Crippen molar-refractivity contribution in [3.05, 3.63) is 59.8 Å². The van der Waals surface area contributed by atoms with E-state index in [2.05, 4.69) is 13.8 Å². The third kappa shape index (κ3) is 13.5. The summed E-state index contributed by atoms with van der Waals surface area (Å²) in [4.78, 5) is 46.2. The summed E-state index contributed by atoms with van der Waals surface area (Å²) in [5, 5.41) is 37.6. The van der Waals surface area contributed by atoms with E-state index in [1.165, 1.54) is 6.08 Å². The van der Waals surface area contributed by atoms with Gasteiger partial charge in [0, 0.05) is 30.9 Å². The van der Waals surface area contributed by atoms with Gasteiger partial charge in [-0.05, 0) is 57.4 Å². The van der Waals surface area contributed by atoms with Gasteiger partial charge in [0.15, 0.2) is 5.79 Å². The number of rotatable bonds is 18. The summed E-state index contributed by atoms with van der Waals surface area (Å²) in [6.45, 7) is 9.50. The van der Waals surface area contributed by atoms with Gasteiger partial charge in [0.25, 0.3) is 0 Å². The molecule has 2 heterocycles. The molecule has 0 radical (unpaired) electrons. The molecule has 11 nitrogen and oxygen atoms in total. The van der Waals surface area contributed by atoms with Gasteiger partial charge in [0.1, 0.15) is 11.7 Å². The number of esters is 1. The van der Waals surface area contributed by atoms with Crippen LogP contribution in [0.2, 0.25) is 0 Å². The van der Waals surface area contributed by atoms with E-state index in [4.69, 9.17) is 24.4 Å². The van der Waals surface area contributed by atoms with E-state index in [1.54, 1.807) is 38.2 Å². The van der Waals surface area contributed by atoms with Crippen LogP contribution < -0.4 is 0 Å². The Morgan fingerprint density at radius 3 is 2.29 bits per heavy atom. The number of unbranched alkanes of at least 4 members (excludes halogenated alkanes) is 2. The number of hydrogen-bond acceptors (Lipinski definition) is 8. The molecule has 0 amide bonds. The number of carbonyl (C=O) groups excluding carboxylic acids is 1. The molecule has 0 aromatic rings. The van der Waals surface area contributed by atoms with Crippen LogP contribution >= 0.6 is 0 Å². The summed E-state index contributed by atoms with van der Waals surface area (Å²) < 4.78 is 19.6. The van der Waals surface area contributed by atoms with Gasteiger partial charge in [0.05, 0.1) is 25.0 Å². The molecule has 2 aliphatic rings. The number of aliphatic hydroxyl groups excluding tert-OH is 1. The van der Waals surface area contributed by atoms with E-state index in [0.29, 0.717) is 37.7 Å². The first-order chi connectivity index (χ1) is 22.6. The van der Waals surface area contributed by atoms with Gasteiger partial charge in [-0.25, -0.2) is 9.59 Å². The number of aliphatic carboxylic acids is 3. The monoisotopic (exact) mass is 674 g/mol. The first-order valence-corrected chi connectivity index (χ1v) is 16.9. The molecule has 7 unspecified atom stereocenters. The highest BCUT2D eigenvalue weighted by Gasteiger charge is 2.54. The highest BCUT2D eigenvalue weighted by atomic mass is 16.7. The van der Waals surface area contributed by atoms with Crippen molar-refractivity contribution in [1.29, 1.82) is 0 Å². The Labute approximate surface area is 284 Å². The largest absolute Gasteiger partial charge is 0.481 e. The lowest BCUT2D eigenvalue weighted by Crippen LogP contribution is -2.59. The van der Waals surface area contributed by atoms with Gasteiger partial charge in [-0.1, -0.05) is 75.6 Å². The molecule has 0 saturated carbocycles. The molecule has 1 spiro atoms. The second-order valence-corrected chi connectivity index (χ2v) is 13.2. The predicted molar refractivity (Wildman–Crippen MR) is 180 cm³/mol. The molecule has 4 N–H and O–H groups in total. The Kier molecular flexibility index (Phi) is 16.5. The zero-order valence-electron chi connectivity index (χ0n) is 28.9. The Morgan fingerprint density at radius 2 is 1.65 bits per heavy atom. The average Bonchev–Trinajstić information content (AvgIpc) is 3.02. The Morgan fingerprint density at radius 1 is 0.917 bits per heavy atom. The molecule has 2 saturated heterocycles. The average molecular weight is 675 g/mol. The molecule has 2 rings (SSSR count). The summed E-state index contributed by atoms with van der Waals surface area (Å²) in [5.74, 6) is -4.97. The van der Waals surface area contributed by atoms with Crippen LogP contribution in [0, 0.1) is 11.8 Å². The summed E-state index contributed by atoms with van der Waals surface area (Å²) in [5.41, 5.74) is 0.317. The molecule has 11 heteroatoms. The van der Waals surface area contributed by atoms with Crippen LogP contribution in [0.4, 0.5) is 0 Å². The fourth-order valence-corrected chi connectivity index (χ4v) is 6.01. The number of allylic oxidation sites excluding steroid dienone is 4. The molecule has 0 aliphatic carbocycles. The molecule has 0 bridgehead atoms. The first kappa shape index (κ1) is 40.6. The zero-order valence-corrected chi connectivity index (χ0v) is 28.9. The van der Waals surface area contributed by atoms with Crippen molar-refractivity contribution in [2.45, 2.75) is 135 Å². The maximum atomic E-state index is 12.9. The second-order valence-electron chi connectivity index (χ2n) is 13.2.